The molecule has 0 spiro atoms. The van der Waals surface area contributed by atoms with Gasteiger partial charge in [-0.15, -0.1) is 4.33 Å². The summed E-state index contributed by atoms with van der Waals surface area (Å²) >= 11 is 0.886. The van der Waals surface area contributed by atoms with E-state index in [1.807, 2.05) is 51.1 Å². The second-order valence-corrected chi connectivity index (χ2v) is 22.9. The van der Waals surface area contributed by atoms with Gasteiger partial charge in [-0.2, -0.15) is 0 Å². The van der Waals surface area contributed by atoms with Gasteiger partial charge >= 0.3 is 14.7 Å². The number of benzene rings is 1. The van der Waals surface area contributed by atoms with Crippen molar-refractivity contribution in [2.45, 2.75) is 109 Å². The first-order chi connectivity index (χ1) is 17.8. The minimum atomic E-state index is -2.90. The summed E-state index contributed by atoms with van der Waals surface area (Å²) in [6, 6.07) is 9.51. The SMILES string of the molecule is CO[Si](OCC[C@@H](NC(=O)OC(C)(C)C)[C@H](CO[Si](C)(C)C(C)(C)C)SOOO)(c1ccccc1)C(C)(C)C. The van der Waals surface area contributed by atoms with Gasteiger partial charge in [0.2, 0.25) is 0 Å². The largest absolute Gasteiger partial charge is 0.444 e. The maximum absolute atomic E-state index is 12.9. The molecule has 2 N–H and O–H groups in total. The van der Waals surface area contributed by atoms with Crippen LogP contribution in [0.3, 0.4) is 0 Å². The highest BCUT2D eigenvalue weighted by Gasteiger charge is 2.51. The molecular weight excluding hydrogens is 555 g/mol. The lowest BCUT2D eigenvalue weighted by Crippen LogP contribution is -2.60. The molecule has 1 unspecified atom stereocenters. The molecule has 0 aliphatic heterocycles. The molecule has 1 aromatic rings. The molecule has 39 heavy (non-hydrogen) atoms. The van der Waals surface area contributed by atoms with Crippen LogP contribution in [-0.4, -0.2) is 65.4 Å². The molecule has 226 valence electrons. The third-order valence-corrected chi connectivity index (χ3v) is 16.5. The van der Waals surface area contributed by atoms with Crippen LogP contribution >= 0.6 is 12.0 Å². The van der Waals surface area contributed by atoms with E-state index >= 15 is 0 Å². The number of amides is 1. The number of carbonyl (C=O) groups excluding carboxylic acids is 1. The van der Waals surface area contributed by atoms with Crippen LogP contribution in [0.5, 0.6) is 0 Å². The van der Waals surface area contributed by atoms with E-state index in [9.17, 15) is 4.79 Å². The van der Waals surface area contributed by atoms with Gasteiger partial charge in [0, 0.05) is 30.8 Å². The van der Waals surface area contributed by atoms with Gasteiger partial charge in [0.05, 0.1) is 17.9 Å². The van der Waals surface area contributed by atoms with Crippen molar-refractivity contribution in [3.05, 3.63) is 30.3 Å². The molecule has 0 saturated heterocycles. The minimum absolute atomic E-state index is 0.0141. The first kappa shape index (κ1) is 36.1. The summed E-state index contributed by atoms with van der Waals surface area (Å²) in [4.78, 5) is 12.9. The molecule has 0 bridgehead atoms. The summed E-state index contributed by atoms with van der Waals surface area (Å²) in [5, 5.41) is 16.1. The van der Waals surface area contributed by atoms with E-state index in [0.717, 1.165) is 17.2 Å². The molecule has 0 radical (unpaired) electrons. The third-order valence-electron chi connectivity index (χ3n) is 6.92. The van der Waals surface area contributed by atoms with Crippen molar-refractivity contribution in [1.29, 1.82) is 0 Å². The lowest BCUT2D eigenvalue weighted by molar-refractivity contribution is -0.432. The molecule has 1 amide bonds. The number of hydrogen-bond acceptors (Lipinski definition) is 9. The molecule has 0 fully saturated rings. The number of hydrogen-bond donors (Lipinski definition) is 2. The molecule has 9 nitrogen and oxygen atoms in total. The first-order valence-electron chi connectivity index (χ1n) is 13.3. The molecule has 1 rings (SSSR count). The zero-order chi connectivity index (χ0) is 30.1. The topological polar surface area (TPSA) is 105 Å². The van der Waals surface area contributed by atoms with Crippen molar-refractivity contribution in [3.63, 3.8) is 0 Å². The highest BCUT2D eigenvalue weighted by molar-refractivity contribution is 7.95. The Morgan fingerprint density at radius 3 is 2.03 bits per heavy atom. The summed E-state index contributed by atoms with van der Waals surface area (Å²) in [5.74, 6) is 0. The van der Waals surface area contributed by atoms with E-state index in [0.29, 0.717) is 13.0 Å². The van der Waals surface area contributed by atoms with Crippen molar-refractivity contribution in [2.24, 2.45) is 0 Å². The summed E-state index contributed by atoms with van der Waals surface area (Å²) in [6.07, 6.45) is -0.155. The van der Waals surface area contributed by atoms with Crippen molar-refractivity contribution in [3.8, 4) is 0 Å². The highest BCUT2D eigenvalue weighted by atomic mass is 32.2. The van der Waals surface area contributed by atoms with Gasteiger partial charge < -0.3 is 23.3 Å². The molecule has 0 aromatic heterocycles. The van der Waals surface area contributed by atoms with E-state index in [1.54, 1.807) is 7.11 Å². The lowest BCUT2D eigenvalue weighted by atomic mass is 10.1. The van der Waals surface area contributed by atoms with E-state index in [2.05, 4.69) is 65.0 Å². The summed E-state index contributed by atoms with van der Waals surface area (Å²) in [6.45, 7) is 23.1. The normalized spacial score (nSPS) is 16.3. The minimum Gasteiger partial charge on any atom is -0.444 e. The van der Waals surface area contributed by atoms with Crippen LogP contribution in [0.4, 0.5) is 4.79 Å². The fraction of sp³-hybridized carbons (Fsp3) is 0.741. The second kappa shape index (κ2) is 14.8. The van der Waals surface area contributed by atoms with Crippen LogP contribution in [0.15, 0.2) is 30.3 Å². The average molecular weight is 606 g/mol. The van der Waals surface area contributed by atoms with Crippen molar-refractivity contribution in [1.82, 2.24) is 5.32 Å². The van der Waals surface area contributed by atoms with Gasteiger partial charge in [-0.25, -0.2) is 10.1 Å². The highest BCUT2D eigenvalue weighted by Crippen LogP contribution is 2.38. The molecule has 0 aliphatic carbocycles. The standard InChI is InChI=1S/C27H51NO8SSi2/c1-25(2,3)34-24(29)28-22(23(37-36-35-30)20-33-38(11,12)26(4,5)6)18-19-32-39(31-10,27(7,8)9)21-16-14-13-15-17-21/h13-17,22-23,30H,18-20H2,1-12H3,(H,28,29)/t22-,23+,39?/m1/s1. The number of ether oxygens (including phenoxy) is 1. The van der Waals surface area contributed by atoms with E-state index in [1.165, 1.54) is 0 Å². The van der Waals surface area contributed by atoms with Crippen molar-refractivity contribution < 1.29 is 37.4 Å². The van der Waals surface area contributed by atoms with Gasteiger partial charge in [0.15, 0.2) is 8.32 Å². The maximum Gasteiger partial charge on any atom is 0.407 e. The quantitative estimate of drug-likeness (QED) is 0.106. The summed E-state index contributed by atoms with van der Waals surface area (Å²) in [7, 11) is -3.33. The average Bonchev–Trinajstić information content (AvgIpc) is 2.79. The first-order valence-corrected chi connectivity index (χ1v) is 18.8. The van der Waals surface area contributed by atoms with Crippen LogP contribution in [0.2, 0.25) is 23.2 Å². The predicted octanol–water partition coefficient (Wildman–Crippen LogP) is 6.54. The van der Waals surface area contributed by atoms with Gasteiger partial charge in [0.1, 0.15) is 5.60 Å². The van der Waals surface area contributed by atoms with E-state index < -0.39 is 39.9 Å². The fourth-order valence-electron chi connectivity index (χ4n) is 3.80. The molecule has 3 atom stereocenters. The molecule has 0 heterocycles. The number of rotatable bonds is 14. The Labute approximate surface area is 242 Å². The second-order valence-electron chi connectivity index (χ2n) is 13.2. The van der Waals surface area contributed by atoms with Gasteiger partial charge in [0.25, 0.3) is 0 Å². The van der Waals surface area contributed by atoms with Crippen LogP contribution < -0.4 is 10.5 Å². The zero-order valence-corrected chi connectivity index (χ0v) is 28.7. The summed E-state index contributed by atoms with van der Waals surface area (Å²) < 4.78 is 29.7. The molecule has 1 aromatic carbocycles. The Bertz CT molecular complexity index is 871. The Hall–Kier alpha value is -0.966. The van der Waals surface area contributed by atoms with Crippen LogP contribution in [0.25, 0.3) is 0 Å². The maximum atomic E-state index is 12.9. The Morgan fingerprint density at radius 2 is 1.56 bits per heavy atom. The van der Waals surface area contributed by atoms with Crippen LogP contribution in [0, 0.1) is 0 Å². The third kappa shape index (κ3) is 11.1. The number of nitrogens with one attached hydrogen (secondary N) is 1. The van der Waals surface area contributed by atoms with Crippen LogP contribution in [0.1, 0.15) is 68.7 Å². The smallest absolute Gasteiger partial charge is 0.407 e. The Morgan fingerprint density at radius 1 is 0.974 bits per heavy atom. The molecule has 0 saturated carbocycles. The monoisotopic (exact) mass is 605 g/mol. The fourth-order valence-corrected chi connectivity index (χ4v) is 9.02. The van der Waals surface area contributed by atoms with Gasteiger partial charge in [-0.3, -0.25) is 0 Å². The predicted molar refractivity (Wildman–Crippen MR) is 162 cm³/mol. The van der Waals surface area contributed by atoms with Crippen molar-refractivity contribution in [2.75, 3.05) is 20.3 Å². The molecule has 0 aliphatic rings. The number of alkyl carbamates (subject to hydrolysis) is 1. The molecule has 12 heteroatoms. The zero-order valence-electron chi connectivity index (χ0n) is 25.9. The number of carbonyl (C=O) groups is 1. The summed E-state index contributed by atoms with van der Waals surface area (Å²) in [5.41, 5.74) is -0.673. The Kier molecular flexibility index (Phi) is 13.7. The van der Waals surface area contributed by atoms with Crippen molar-refractivity contribution >= 4 is 40.2 Å². The van der Waals surface area contributed by atoms with Crippen LogP contribution in [-0.2, 0) is 27.4 Å². The lowest BCUT2D eigenvalue weighted by Gasteiger charge is -2.41. The Balaban J connectivity index is 3.26. The molecular formula is C27H51NO8SSi2. The van der Waals surface area contributed by atoms with E-state index in [4.69, 9.17) is 27.6 Å². The van der Waals surface area contributed by atoms with Gasteiger partial charge in [-0.1, -0.05) is 76.9 Å². The van der Waals surface area contributed by atoms with E-state index in [-0.39, 0.29) is 16.7 Å². The van der Waals surface area contributed by atoms with Gasteiger partial charge in [-0.05, 0) is 50.5 Å².